The van der Waals surface area contributed by atoms with Gasteiger partial charge in [0, 0.05) is 12.2 Å². The van der Waals surface area contributed by atoms with Gasteiger partial charge in [0.1, 0.15) is 23.4 Å². The third-order valence-corrected chi connectivity index (χ3v) is 16.3. The van der Waals surface area contributed by atoms with Crippen LogP contribution in [0.5, 0.6) is 0 Å². The van der Waals surface area contributed by atoms with E-state index in [1.165, 1.54) is 24.1 Å². The van der Waals surface area contributed by atoms with Crippen LogP contribution in [0.25, 0.3) is 0 Å². The van der Waals surface area contributed by atoms with Crippen LogP contribution < -0.4 is 5.32 Å². The lowest BCUT2D eigenvalue weighted by molar-refractivity contribution is 0.104. The van der Waals surface area contributed by atoms with Crippen LogP contribution in [0.4, 0.5) is 5.82 Å². The molecule has 0 amide bonds. The summed E-state index contributed by atoms with van der Waals surface area (Å²) in [5.74, 6) is 1.89. The minimum absolute atomic E-state index is 0.0830. The largest absolute Gasteiger partial charge is 0.403 e. The second-order valence-corrected chi connectivity index (χ2v) is 19.2. The summed E-state index contributed by atoms with van der Waals surface area (Å²) in [6.45, 7) is 18.2. The molecule has 0 spiro atoms. The summed E-state index contributed by atoms with van der Waals surface area (Å²) in [5.41, 5.74) is 3.37. The number of hydrogen-bond acceptors (Lipinski definition) is 7. The van der Waals surface area contributed by atoms with Crippen molar-refractivity contribution in [2.75, 3.05) is 5.32 Å². The quantitative estimate of drug-likeness (QED) is 0.125. The van der Waals surface area contributed by atoms with Crippen molar-refractivity contribution < 1.29 is 9.22 Å². The highest BCUT2D eigenvalue weighted by Gasteiger charge is 2.47. The molecule has 0 radical (unpaired) electrons. The highest BCUT2D eigenvalue weighted by Crippen LogP contribution is 2.47. The van der Waals surface area contributed by atoms with Gasteiger partial charge in [-0.25, -0.2) is 15.0 Å². The molecule has 4 atom stereocenters. The highest BCUT2D eigenvalue weighted by atomic mass is 35.5. The molecule has 6 nitrogen and oxygen atoms in total. The van der Waals surface area contributed by atoms with E-state index in [9.17, 15) is 4.79 Å². The Kier molecular flexibility index (Phi) is 10.4. The standard InChI is InChI=1S/C32H45ClN4O2SSi/c1-9-23-14-25(13-22(23)8)36-32-26(16-34-18-35-32)30(38)28-15-24(17-40-28)31(27-11-10-12-29(33)37-27)39-41(19(2)3,20(4)5)21(6)7/h10-12,15-23,25,31H,9,13-14H2,1-8H3,(H,34,35,36)/t22-,23-,25-,31?/m0/s1. The molecule has 4 rings (SSSR count). The fourth-order valence-corrected chi connectivity index (χ4v) is 13.6. The molecular weight excluding hydrogens is 568 g/mol. The van der Waals surface area contributed by atoms with Crippen molar-refractivity contribution in [3.63, 3.8) is 0 Å². The van der Waals surface area contributed by atoms with E-state index >= 15 is 0 Å². The van der Waals surface area contributed by atoms with Gasteiger partial charge in [-0.15, -0.1) is 11.3 Å². The highest BCUT2D eigenvalue weighted by molar-refractivity contribution is 7.12. The van der Waals surface area contributed by atoms with Crippen molar-refractivity contribution in [2.45, 2.75) is 103 Å². The van der Waals surface area contributed by atoms with E-state index < -0.39 is 14.4 Å². The van der Waals surface area contributed by atoms with E-state index in [0.717, 1.165) is 24.1 Å². The molecular formula is C32H45ClN4O2SSi. The average molecular weight is 613 g/mol. The van der Waals surface area contributed by atoms with Gasteiger partial charge in [-0.05, 0) is 70.4 Å². The molecule has 3 aromatic heterocycles. The molecule has 1 aliphatic rings. The number of aromatic nitrogens is 3. The zero-order valence-corrected chi connectivity index (χ0v) is 28.2. The minimum Gasteiger partial charge on any atom is -0.403 e. The lowest BCUT2D eigenvalue weighted by Crippen LogP contribution is -2.48. The third-order valence-electron chi connectivity index (χ3n) is 9.05. The van der Waals surface area contributed by atoms with Gasteiger partial charge in [0.2, 0.25) is 14.1 Å². The third kappa shape index (κ3) is 6.76. The van der Waals surface area contributed by atoms with Gasteiger partial charge >= 0.3 is 0 Å². The van der Waals surface area contributed by atoms with Crippen LogP contribution in [0.1, 0.15) is 107 Å². The Bertz CT molecular complexity index is 1310. The number of carbonyl (C=O) groups is 1. The maximum atomic E-state index is 13.9. The Morgan fingerprint density at radius 3 is 2.46 bits per heavy atom. The van der Waals surface area contributed by atoms with Gasteiger partial charge in [0.05, 0.1) is 16.1 Å². The molecule has 1 unspecified atom stereocenters. The molecule has 9 heteroatoms. The number of nitrogens with one attached hydrogen (secondary N) is 1. The van der Waals surface area contributed by atoms with E-state index in [1.54, 1.807) is 12.3 Å². The van der Waals surface area contributed by atoms with Crippen LogP contribution in [0.15, 0.2) is 42.2 Å². The first-order valence-corrected chi connectivity index (χ1v) is 18.4. The molecule has 0 saturated heterocycles. The van der Waals surface area contributed by atoms with Crippen LogP contribution in [0, 0.1) is 11.8 Å². The van der Waals surface area contributed by atoms with Gasteiger partial charge in [-0.1, -0.05) is 79.5 Å². The molecule has 3 heterocycles. The van der Waals surface area contributed by atoms with E-state index in [4.69, 9.17) is 16.0 Å². The van der Waals surface area contributed by atoms with Gasteiger partial charge < -0.3 is 9.74 Å². The molecule has 1 fully saturated rings. The van der Waals surface area contributed by atoms with Crippen LogP contribution in [-0.4, -0.2) is 35.1 Å². The smallest absolute Gasteiger partial charge is 0.208 e. The zero-order chi connectivity index (χ0) is 29.9. The van der Waals surface area contributed by atoms with Crippen molar-refractivity contribution in [3.8, 4) is 0 Å². The topological polar surface area (TPSA) is 77.0 Å². The minimum atomic E-state index is -2.29. The number of anilines is 1. The second kappa shape index (κ2) is 13.4. The van der Waals surface area contributed by atoms with Gasteiger partial charge in [-0.3, -0.25) is 4.79 Å². The van der Waals surface area contributed by atoms with Crippen molar-refractivity contribution in [1.29, 1.82) is 0 Å². The molecule has 3 aromatic rings. The van der Waals surface area contributed by atoms with E-state index in [1.807, 2.05) is 23.6 Å². The maximum absolute atomic E-state index is 13.9. The van der Waals surface area contributed by atoms with Gasteiger partial charge in [0.25, 0.3) is 0 Å². The molecule has 0 aliphatic heterocycles. The number of thiophene rings is 1. The molecule has 41 heavy (non-hydrogen) atoms. The fourth-order valence-electron chi connectivity index (χ4n) is 7.05. The number of carbonyl (C=O) groups excluding carboxylic acids is 1. The van der Waals surface area contributed by atoms with Crippen LogP contribution >= 0.6 is 22.9 Å². The van der Waals surface area contributed by atoms with Crippen LogP contribution in [-0.2, 0) is 4.43 Å². The van der Waals surface area contributed by atoms with E-state index in [-0.39, 0.29) is 5.78 Å². The summed E-state index contributed by atoms with van der Waals surface area (Å²) in [6, 6.07) is 7.93. The summed E-state index contributed by atoms with van der Waals surface area (Å²) in [7, 11) is -2.29. The van der Waals surface area contributed by atoms with E-state index in [0.29, 0.717) is 55.9 Å². The first-order valence-electron chi connectivity index (χ1n) is 15.0. The number of hydrogen-bond donors (Lipinski definition) is 1. The average Bonchev–Trinajstić information content (AvgIpc) is 3.55. The summed E-state index contributed by atoms with van der Waals surface area (Å²) >= 11 is 7.79. The Labute approximate surface area is 255 Å². The Morgan fingerprint density at radius 1 is 1.15 bits per heavy atom. The summed E-state index contributed by atoms with van der Waals surface area (Å²) in [4.78, 5) is 27.9. The lowest BCUT2D eigenvalue weighted by atomic mass is 9.96. The number of nitrogens with zero attached hydrogens (tertiary/aromatic N) is 3. The zero-order valence-electron chi connectivity index (χ0n) is 25.6. The van der Waals surface area contributed by atoms with Crippen molar-refractivity contribution in [1.82, 2.24) is 15.0 Å². The Hall–Kier alpha value is -2.13. The van der Waals surface area contributed by atoms with Crippen molar-refractivity contribution >= 4 is 42.9 Å². The first kappa shape index (κ1) is 31.8. The van der Waals surface area contributed by atoms with E-state index in [2.05, 4.69) is 75.7 Å². The van der Waals surface area contributed by atoms with Gasteiger partial charge in [-0.2, -0.15) is 0 Å². The summed E-state index contributed by atoms with van der Waals surface area (Å²) in [5, 5.41) is 6.03. The lowest BCUT2D eigenvalue weighted by Gasteiger charge is -2.44. The number of ketones is 1. The second-order valence-electron chi connectivity index (χ2n) is 12.5. The molecule has 0 bridgehead atoms. The molecule has 1 aliphatic carbocycles. The van der Waals surface area contributed by atoms with Crippen LogP contribution in [0.3, 0.4) is 0 Å². The molecule has 1 saturated carbocycles. The predicted molar refractivity (Wildman–Crippen MR) is 173 cm³/mol. The maximum Gasteiger partial charge on any atom is 0.208 e. The monoisotopic (exact) mass is 612 g/mol. The molecule has 0 aromatic carbocycles. The first-order chi connectivity index (χ1) is 19.5. The van der Waals surface area contributed by atoms with Crippen molar-refractivity contribution in [3.05, 3.63) is 69.0 Å². The predicted octanol–water partition coefficient (Wildman–Crippen LogP) is 9.34. The Morgan fingerprint density at radius 2 is 1.85 bits per heavy atom. The SMILES string of the molecule is CC[C@H]1C[C@@H](Nc2ncncc2C(=O)c2cc(C(O[Si](C(C)C)(C(C)C)C(C)C)c3cccc(Cl)n3)cs2)C[C@@H]1C. The Balaban J connectivity index is 1.68. The number of pyridine rings is 1. The van der Waals surface area contributed by atoms with Crippen LogP contribution in [0.2, 0.25) is 21.8 Å². The summed E-state index contributed by atoms with van der Waals surface area (Å²) < 4.78 is 7.27. The summed E-state index contributed by atoms with van der Waals surface area (Å²) in [6.07, 6.45) is 6.08. The molecule has 222 valence electrons. The fraction of sp³-hybridized carbons (Fsp3) is 0.562. The number of rotatable bonds is 12. The van der Waals surface area contributed by atoms with Gasteiger partial charge in [0.15, 0.2) is 0 Å². The number of halogens is 1. The molecule has 1 N–H and O–H groups in total. The van der Waals surface area contributed by atoms with Crippen molar-refractivity contribution in [2.24, 2.45) is 11.8 Å². The normalized spacial score (nSPS) is 20.2.